The predicted molar refractivity (Wildman–Crippen MR) is 110 cm³/mol. The van der Waals surface area contributed by atoms with Crippen LogP contribution in [0.3, 0.4) is 0 Å². The van der Waals surface area contributed by atoms with E-state index < -0.39 is 17.5 Å². The number of imide groups is 1. The van der Waals surface area contributed by atoms with Crippen LogP contribution in [-0.4, -0.2) is 41.6 Å². The molecule has 1 atom stereocenters. The van der Waals surface area contributed by atoms with Gasteiger partial charge in [0.1, 0.15) is 5.54 Å². The van der Waals surface area contributed by atoms with Crippen molar-refractivity contribution in [3.63, 3.8) is 0 Å². The van der Waals surface area contributed by atoms with E-state index in [1.165, 1.54) is 18.3 Å². The highest BCUT2D eigenvalue weighted by Gasteiger charge is 2.51. The average molecular weight is 413 g/mol. The third kappa shape index (κ3) is 4.22. The number of amides is 4. The lowest BCUT2D eigenvalue weighted by atomic mass is 9.87. The van der Waals surface area contributed by atoms with Crippen molar-refractivity contribution in [2.75, 3.05) is 13.1 Å². The molecule has 29 heavy (non-hydrogen) atoms. The Morgan fingerprint density at radius 1 is 1.14 bits per heavy atom. The van der Waals surface area contributed by atoms with Crippen LogP contribution in [0.5, 0.6) is 0 Å². The topological polar surface area (TPSA) is 95.6 Å². The highest BCUT2D eigenvalue weighted by molar-refractivity contribution is 7.14. The Labute approximate surface area is 173 Å². The number of ketones is 1. The van der Waals surface area contributed by atoms with Crippen LogP contribution >= 0.6 is 11.3 Å². The molecule has 1 aliphatic heterocycles. The summed E-state index contributed by atoms with van der Waals surface area (Å²) in [6, 6.07) is 12.0. The summed E-state index contributed by atoms with van der Waals surface area (Å²) < 4.78 is 0. The van der Waals surface area contributed by atoms with Gasteiger partial charge >= 0.3 is 6.03 Å². The van der Waals surface area contributed by atoms with Crippen molar-refractivity contribution in [1.82, 2.24) is 15.5 Å². The number of nitrogens with zero attached hydrogens (tertiary/aromatic N) is 1. The van der Waals surface area contributed by atoms with Crippen molar-refractivity contribution in [1.29, 1.82) is 0 Å². The van der Waals surface area contributed by atoms with E-state index in [4.69, 9.17) is 0 Å². The van der Waals surface area contributed by atoms with Crippen molar-refractivity contribution in [3.05, 3.63) is 57.8 Å². The Morgan fingerprint density at radius 3 is 2.52 bits per heavy atom. The van der Waals surface area contributed by atoms with E-state index >= 15 is 0 Å². The monoisotopic (exact) mass is 413 g/mol. The molecule has 2 heterocycles. The standard InChI is InChI=1S/C21H23N3O4S/c1-3-21(15-7-5-4-6-8-15)19(27)24(20(28)23-21)13-17(26)18-10-9-16(29-18)11-12-22-14(2)25/h4-10H,3,11-13H2,1-2H3,(H,22,25)(H,23,28). The average Bonchev–Trinajstić information content (AvgIpc) is 3.27. The molecular formula is C21H23N3O4S. The second kappa shape index (κ2) is 8.57. The maximum absolute atomic E-state index is 13.1. The van der Waals surface area contributed by atoms with Gasteiger partial charge in [-0.3, -0.25) is 19.3 Å². The molecule has 152 valence electrons. The lowest BCUT2D eigenvalue weighted by molar-refractivity contribution is -0.131. The third-order valence-corrected chi connectivity index (χ3v) is 6.14. The molecule has 4 amide bonds. The molecule has 1 saturated heterocycles. The molecule has 1 unspecified atom stereocenters. The third-order valence-electron chi connectivity index (χ3n) is 4.96. The molecule has 0 spiro atoms. The van der Waals surface area contributed by atoms with E-state index in [-0.39, 0.29) is 18.2 Å². The SMILES string of the molecule is CCC1(c2ccccc2)NC(=O)N(CC(=O)c2ccc(CCNC(C)=O)s2)C1=O. The minimum atomic E-state index is -1.14. The number of benzene rings is 1. The van der Waals surface area contributed by atoms with E-state index in [0.717, 1.165) is 9.78 Å². The smallest absolute Gasteiger partial charge is 0.325 e. The van der Waals surface area contributed by atoms with Crippen LogP contribution in [0, 0.1) is 0 Å². The molecule has 1 aromatic heterocycles. The molecule has 8 heteroatoms. The van der Waals surface area contributed by atoms with Gasteiger partial charge in [-0.25, -0.2) is 4.79 Å². The van der Waals surface area contributed by atoms with E-state index in [9.17, 15) is 19.2 Å². The molecule has 3 rings (SSSR count). The second-order valence-electron chi connectivity index (χ2n) is 6.87. The van der Waals surface area contributed by atoms with Gasteiger partial charge in [-0.1, -0.05) is 37.3 Å². The van der Waals surface area contributed by atoms with Gasteiger partial charge in [0, 0.05) is 18.3 Å². The number of carbonyl (C=O) groups is 4. The molecule has 2 N–H and O–H groups in total. The zero-order valence-corrected chi connectivity index (χ0v) is 17.2. The summed E-state index contributed by atoms with van der Waals surface area (Å²) in [5.41, 5.74) is -0.440. The number of hydrogen-bond acceptors (Lipinski definition) is 5. The van der Waals surface area contributed by atoms with Crippen LogP contribution in [0.15, 0.2) is 42.5 Å². The Kier molecular flexibility index (Phi) is 6.12. The number of urea groups is 1. The molecule has 1 fully saturated rings. The number of thiophene rings is 1. The summed E-state index contributed by atoms with van der Waals surface area (Å²) in [4.78, 5) is 51.7. The lowest BCUT2D eigenvalue weighted by Gasteiger charge is -2.25. The fourth-order valence-corrected chi connectivity index (χ4v) is 4.31. The zero-order chi connectivity index (χ0) is 21.0. The summed E-state index contributed by atoms with van der Waals surface area (Å²) in [6.07, 6.45) is 1.01. The minimum absolute atomic E-state index is 0.103. The van der Waals surface area contributed by atoms with Crippen LogP contribution in [0.1, 0.15) is 40.4 Å². The Hall–Kier alpha value is -3.00. The fourth-order valence-electron chi connectivity index (χ4n) is 3.38. The summed E-state index contributed by atoms with van der Waals surface area (Å²) >= 11 is 1.31. The quantitative estimate of drug-likeness (QED) is 0.513. The number of nitrogens with one attached hydrogen (secondary N) is 2. The van der Waals surface area contributed by atoms with Crippen LogP contribution in [0.25, 0.3) is 0 Å². The summed E-state index contributed by atoms with van der Waals surface area (Å²) in [6.45, 7) is 3.47. The van der Waals surface area contributed by atoms with E-state index in [2.05, 4.69) is 10.6 Å². The van der Waals surface area contributed by atoms with Crippen LogP contribution in [0.2, 0.25) is 0 Å². The van der Waals surface area contributed by atoms with Gasteiger partial charge in [0.05, 0.1) is 11.4 Å². The van der Waals surface area contributed by atoms with Crippen molar-refractivity contribution in [3.8, 4) is 0 Å². The van der Waals surface area contributed by atoms with E-state index in [0.29, 0.717) is 29.8 Å². The highest BCUT2D eigenvalue weighted by Crippen LogP contribution is 2.32. The summed E-state index contributed by atoms with van der Waals surface area (Å²) in [7, 11) is 0. The van der Waals surface area contributed by atoms with Crippen molar-refractivity contribution in [2.45, 2.75) is 32.2 Å². The first-order valence-electron chi connectivity index (χ1n) is 9.43. The van der Waals surface area contributed by atoms with Gasteiger partial charge in [-0.15, -0.1) is 11.3 Å². The van der Waals surface area contributed by atoms with Gasteiger partial charge in [0.15, 0.2) is 5.78 Å². The van der Waals surface area contributed by atoms with Gasteiger partial charge < -0.3 is 10.6 Å². The number of carbonyl (C=O) groups excluding carboxylic acids is 4. The Morgan fingerprint density at radius 2 is 1.86 bits per heavy atom. The second-order valence-corrected chi connectivity index (χ2v) is 8.04. The molecular weight excluding hydrogens is 390 g/mol. The van der Waals surface area contributed by atoms with Gasteiger partial charge in [0.25, 0.3) is 5.91 Å². The first-order valence-corrected chi connectivity index (χ1v) is 10.2. The number of Topliss-reactive ketones (excluding diaryl/α,β-unsaturated/α-hetero) is 1. The summed E-state index contributed by atoms with van der Waals surface area (Å²) in [5, 5.41) is 5.49. The van der Waals surface area contributed by atoms with Crippen LogP contribution in [-0.2, 0) is 21.5 Å². The summed E-state index contributed by atoms with van der Waals surface area (Å²) in [5.74, 6) is -0.800. The fraction of sp³-hybridized carbons (Fsp3) is 0.333. The molecule has 1 aromatic carbocycles. The van der Waals surface area contributed by atoms with Crippen molar-refractivity contribution < 1.29 is 19.2 Å². The minimum Gasteiger partial charge on any atom is -0.356 e. The number of rotatable bonds is 8. The predicted octanol–water partition coefficient (Wildman–Crippen LogP) is 2.47. The van der Waals surface area contributed by atoms with Crippen molar-refractivity contribution >= 4 is 35.0 Å². The maximum atomic E-state index is 13.1. The zero-order valence-electron chi connectivity index (χ0n) is 16.4. The first kappa shape index (κ1) is 20.7. The Bertz CT molecular complexity index is 940. The molecule has 1 aliphatic rings. The van der Waals surface area contributed by atoms with E-state index in [1.54, 1.807) is 18.2 Å². The Balaban J connectivity index is 1.71. The lowest BCUT2D eigenvalue weighted by Crippen LogP contribution is -2.43. The van der Waals surface area contributed by atoms with E-state index in [1.807, 2.05) is 31.2 Å². The van der Waals surface area contributed by atoms with Crippen LogP contribution < -0.4 is 10.6 Å². The van der Waals surface area contributed by atoms with Gasteiger partial charge in [0.2, 0.25) is 5.91 Å². The largest absolute Gasteiger partial charge is 0.356 e. The molecule has 7 nitrogen and oxygen atoms in total. The van der Waals surface area contributed by atoms with Gasteiger partial charge in [-0.05, 0) is 30.5 Å². The van der Waals surface area contributed by atoms with Crippen molar-refractivity contribution in [2.24, 2.45) is 0 Å². The molecule has 0 saturated carbocycles. The molecule has 0 radical (unpaired) electrons. The normalized spacial score (nSPS) is 18.6. The van der Waals surface area contributed by atoms with Gasteiger partial charge in [-0.2, -0.15) is 0 Å². The highest BCUT2D eigenvalue weighted by atomic mass is 32.1. The molecule has 0 aliphatic carbocycles. The maximum Gasteiger partial charge on any atom is 0.325 e. The first-order chi connectivity index (χ1) is 13.9. The number of hydrogen-bond donors (Lipinski definition) is 2. The molecule has 2 aromatic rings. The van der Waals surface area contributed by atoms with Crippen LogP contribution in [0.4, 0.5) is 4.79 Å². The molecule has 0 bridgehead atoms.